The molecule has 21 heavy (non-hydrogen) atoms. The van der Waals surface area contributed by atoms with Gasteiger partial charge in [-0.05, 0) is 44.5 Å². The Morgan fingerprint density at radius 1 is 1.00 bits per heavy atom. The molecule has 0 spiro atoms. The predicted octanol–water partition coefficient (Wildman–Crippen LogP) is 2.31. The summed E-state index contributed by atoms with van der Waals surface area (Å²) in [5, 5.41) is 14.2. The number of amides is 2. The number of aryl methyl sites for hydroxylation is 1. The Bertz CT molecular complexity index is 633. The van der Waals surface area contributed by atoms with Gasteiger partial charge in [-0.2, -0.15) is 0 Å². The second-order valence-corrected chi connectivity index (χ2v) is 4.72. The maximum absolute atomic E-state index is 11.9. The van der Waals surface area contributed by atoms with Crippen molar-refractivity contribution in [2.24, 2.45) is 0 Å². The molecular formula is C15H18N2O4. The molecule has 3 N–H and O–H groups in total. The molecular weight excluding hydrogens is 272 g/mol. The minimum Gasteiger partial charge on any atom is -0.478 e. The number of carbonyl (C=O) groups excluding carboxylic acids is 2. The third-order valence-corrected chi connectivity index (χ3v) is 3.02. The highest BCUT2D eigenvalue weighted by atomic mass is 16.4. The number of carboxylic acids is 1. The number of carboxylic acid groups (broad SMARTS) is 1. The molecule has 1 aromatic rings. The molecule has 6 heteroatoms. The predicted molar refractivity (Wildman–Crippen MR) is 80.1 cm³/mol. The fourth-order valence-corrected chi connectivity index (χ4v) is 1.63. The van der Waals surface area contributed by atoms with Gasteiger partial charge < -0.3 is 15.7 Å². The lowest BCUT2D eigenvalue weighted by Gasteiger charge is -2.11. The minimum atomic E-state index is -1.13. The molecule has 0 radical (unpaired) electrons. The third-order valence-electron chi connectivity index (χ3n) is 3.02. The zero-order valence-corrected chi connectivity index (χ0v) is 12.4. The summed E-state index contributed by atoms with van der Waals surface area (Å²) in [4.78, 5) is 33.8. The van der Waals surface area contributed by atoms with Gasteiger partial charge in [0.2, 0.25) is 5.91 Å². The molecule has 0 aliphatic heterocycles. The lowest BCUT2D eigenvalue weighted by atomic mass is 10.1. The van der Waals surface area contributed by atoms with Gasteiger partial charge in [0, 0.05) is 29.4 Å². The van der Waals surface area contributed by atoms with Crippen LogP contribution < -0.4 is 10.6 Å². The molecule has 2 amide bonds. The number of aliphatic carboxylic acids is 1. The van der Waals surface area contributed by atoms with Crippen LogP contribution in [0.2, 0.25) is 0 Å². The zero-order valence-electron chi connectivity index (χ0n) is 12.4. The molecule has 0 unspecified atom stereocenters. The van der Waals surface area contributed by atoms with E-state index in [0.29, 0.717) is 11.4 Å². The lowest BCUT2D eigenvalue weighted by Crippen LogP contribution is -2.16. The standard InChI is InChI=1S/C15H18N2O4/c1-8-7-12(5-6-13(8)16-11(4)18)17-14(19)9(2)10(3)15(20)21/h5-7H,1-4H3,(H,16,18)(H,17,19)(H,20,21). The molecule has 6 nitrogen and oxygen atoms in total. The van der Waals surface area contributed by atoms with Gasteiger partial charge >= 0.3 is 5.97 Å². The number of nitrogens with one attached hydrogen (secondary N) is 2. The van der Waals surface area contributed by atoms with Crippen molar-refractivity contribution < 1.29 is 19.5 Å². The first kappa shape index (κ1) is 16.4. The van der Waals surface area contributed by atoms with Gasteiger partial charge in [-0.3, -0.25) is 9.59 Å². The van der Waals surface area contributed by atoms with E-state index < -0.39 is 11.9 Å². The quantitative estimate of drug-likeness (QED) is 0.741. The summed E-state index contributed by atoms with van der Waals surface area (Å²) in [5.74, 6) is -1.77. The SMILES string of the molecule is CC(=O)Nc1ccc(NC(=O)C(C)=C(C)C(=O)O)cc1C. The minimum absolute atomic E-state index is 0.000844. The fraction of sp³-hybridized carbons (Fsp3) is 0.267. The van der Waals surface area contributed by atoms with E-state index in [4.69, 9.17) is 5.11 Å². The van der Waals surface area contributed by atoms with Crippen molar-refractivity contribution in [2.75, 3.05) is 10.6 Å². The van der Waals surface area contributed by atoms with Crippen molar-refractivity contribution in [3.8, 4) is 0 Å². The van der Waals surface area contributed by atoms with Gasteiger partial charge in [0.05, 0.1) is 0 Å². The Hall–Kier alpha value is -2.63. The van der Waals surface area contributed by atoms with Crippen molar-refractivity contribution in [2.45, 2.75) is 27.7 Å². The average molecular weight is 290 g/mol. The first-order chi connectivity index (χ1) is 9.72. The van der Waals surface area contributed by atoms with Crippen molar-refractivity contribution in [3.05, 3.63) is 34.9 Å². The zero-order chi connectivity index (χ0) is 16.2. The van der Waals surface area contributed by atoms with E-state index in [1.807, 2.05) is 0 Å². The maximum Gasteiger partial charge on any atom is 0.331 e. The largest absolute Gasteiger partial charge is 0.478 e. The van der Waals surface area contributed by atoms with Crippen LogP contribution >= 0.6 is 0 Å². The molecule has 0 atom stereocenters. The Labute approximate surface area is 122 Å². The molecule has 0 aliphatic carbocycles. The molecule has 0 bridgehead atoms. The topological polar surface area (TPSA) is 95.5 Å². The van der Waals surface area contributed by atoms with E-state index >= 15 is 0 Å². The highest BCUT2D eigenvalue weighted by Crippen LogP contribution is 2.20. The molecule has 1 aromatic carbocycles. The normalized spacial score (nSPS) is 11.4. The van der Waals surface area contributed by atoms with Gasteiger partial charge in [-0.1, -0.05) is 0 Å². The van der Waals surface area contributed by atoms with Crippen LogP contribution in [0.5, 0.6) is 0 Å². The average Bonchev–Trinajstić information content (AvgIpc) is 2.39. The van der Waals surface area contributed by atoms with Crippen molar-refractivity contribution >= 4 is 29.2 Å². The van der Waals surface area contributed by atoms with Gasteiger partial charge in [0.25, 0.3) is 5.91 Å². The summed E-state index contributed by atoms with van der Waals surface area (Å²) < 4.78 is 0. The van der Waals surface area contributed by atoms with Crippen LogP contribution in [-0.2, 0) is 14.4 Å². The van der Waals surface area contributed by atoms with E-state index in [0.717, 1.165) is 5.56 Å². The van der Waals surface area contributed by atoms with E-state index in [9.17, 15) is 14.4 Å². The van der Waals surface area contributed by atoms with Crippen LogP contribution in [0.25, 0.3) is 0 Å². The van der Waals surface area contributed by atoms with E-state index in [2.05, 4.69) is 10.6 Å². The highest BCUT2D eigenvalue weighted by molar-refractivity contribution is 6.08. The monoisotopic (exact) mass is 290 g/mol. The molecule has 0 fully saturated rings. The summed E-state index contributed by atoms with van der Waals surface area (Å²) in [6.45, 7) is 6.05. The number of hydrogen-bond acceptors (Lipinski definition) is 3. The van der Waals surface area contributed by atoms with Crippen molar-refractivity contribution in [3.63, 3.8) is 0 Å². The van der Waals surface area contributed by atoms with Crippen LogP contribution in [0, 0.1) is 6.92 Å². The molecule has 0 saturated carbocycles. The Morgan fingerprint density at radius 3 is 2.10 bits per heavy atom. The van der Waals surface area contributed by atoms with Crippen LogP contribution in [-0.4, -0.2) is 22.9 Å². The second-order valence-electron chi connectivity index (χ2n) is 4.72. The Morgan fingerprint density at radius 2 is 1.62 bits per heavy atom. The number of anilines is 2. The van der Waals surface area contributed by atoms with Crippen LogP contribution in [0.15, 0.2) is 29.3 Å². The molecule has 0 aromatic heterocycles. The first-order valence-electron chi connectivity index (χ1n) is 6.32. The Kier molecular flexibility index (Phi) is 5.24. The fourth-order valence-electron chi connectivity index (χ4n) is 1.63. The smallest absolute Gasteiger partial charge is 0.331 e. The number of carbonyl (C=O) groups is 3. The summed E-state index contributed by atoms with van der Waals surface area (Å²) in [6.07, 6.45) is 0. The summed E-state index contributed by atoms with van der Waals surface area (Å²) in [7, 11) is 0. The van der Waals surface area contributed by atoms with Crippen molar-refractivity contribution in [1.29, 1.82) is 0 Å². The molecule has 0 heterocycles. The number of benzene rings is 1. The van der Waals surface area contributed by atoms with Gasteiger partial charge in [0.15, 0.2) is 0 Å². The number of rotatable bonds is 4. The summed E-state index contributed by atoms with van der Waals surface area (Å²) >= 11 is 0. The van der Waals surface area contributed by atoms with E-state index in [1.54, 1.807) is 25.1 Å². The maximum atomic E-state index is 11.9. The molecule has 0 saturated heterocycles. The molecule has 1 rings (SSSR count). The highest BCUT2D eigenvalue weighted by Gasteiger charge is 2.13. The molecule has 0 aliphatic rings. The van der Waals surface area contributed by atoms with Crippen LogP contribution in [0.1, 0.15) is 26.3 Å². The van der Waals surface area contributed by atoms with E-state index in [-0.39, 0.29) is 17.1 Å². The summed E-state index contributed by atoms with van der Waals surface area (Å²) in [5.41, 5.74) is 2.13. The summed E-state index contributed by atoms with van der Waals surface area (Å²) in [6, 6.07) is 5.02. The van der Waals surface area contributed by atoms with E-state index in [1.165, 1.54) is 20.8 Å². The van der Waals surface area contributed by atoms with Crippen LogP contribution in [0.4, 0.5) is 11.4 Å². The lowest BCUT2D eigenvalue weighted by molar-refractivity contribution is -0.133. The van der Waals surface area contributed by atoms with Gasteiger partial charge in [0.1, 0.15) is 0 Å². The second kappa shape index (κ2) is 6.69. The van der Waals surface area contributed by atoms with Crippen molar-refractivity contribution in [1.82, 2.24) is 0 Å². The van der Waals surface area contributed by atoms with Gasteiger partial charge in [-0.15, -0.1) is 0 Å². The third kappa shape index (κ3) is 4.45. The van der Waals surface area contributed by atoms with Gasteiger partial charge in [-0.25, -0.2) is 4.79 Å². The van der Waals surface area contributed by atoms with Crippen LogP contribution in [0.3, 0.4) is 0 Å². The number of hydrogen-bond donors (Lipinski definition) is 3. The Balaban J connectivity index is 2.92. The first-order valence-corrected chi connectivity index (χ1v) is 6.32. The molecule has 112 valence electrons.